The number of carbonyl (C=O) groups is 1. The molecule has 0 aliphatic carbocycles. The molecule has 1 aromatic heterocycles. The molecule has 0 amide bonds. The van der Waals surface area contributed by atoms with Crippen LogP contribution in [0.3, 0.4) is 0 Å². The number of hydrogen-bond acceptors (Lipinski definition) is 12. The fourth-order valence-corrected chi connectivity index (χ4v) is 7.22. The molecule has 1 saturated heterocycles. The summed E-state index contributed by atoms with van der Waals surface area (Å²) in [5, 5.41) is 11.9. The van der Waals surface area contributed by atoms with Gasteiger partial charge in [-0.2, -0.15) is 10.4 Å². The van der Waals surface area contributed by atoms with E-state index in [0.717, 1.165) is 12.1 Å². The molecule has 3 aromatic carbocycles. The molecule has 4 aromatic rings. The minimum absolute atomic E-state index is 0. The van der Waals surface area contributed by atoms with Crippen LogP contribution in [0.2, 0.25) is 0 Å². The molecule has 2 atom stereocenters. The number of phosphoric acid groups is 1. The van der Waals surface area contributed by atoms with E-state index in [-0.39, 0.29) is 106 Å². The van der Waals surface area contributed by atoms with Gasteiger partial charge >= 0.3 is 65.1 Å². The molecule has 55 heavy (non-hydrogen) atoms. The van der Waals surface area contributed by atoms with Crippen molar-refractivity contribution < 1.29 is 110 Å². The Morgan fingerprint density at radius 2 is 1.87 bits per heavy atom. The second-order valence-electron chi connectivity index (χ2n) is 11.8. The third-order valence-corrected chi connectivity index (χ3v) is 10.1. The summed E-state index contributed by atoms with van der Waals surface area (Å²) in [4.78, 5) is 40.6. The first-order valence-corrected chi connectivity index (χ1v) is 18.4. The van der Waals surface area contributed by atoms with Crippen molar-refractivity contribution in [3.05, 3.63) is 136 Å². The molecule has 278 valence electrons. The van der Waals surface area contributed by atoms with Crippen LogP contribution in [0.5, 0.6) is 0 Å². The molecule has 0 N–H and O–H groups in total. The van der Waals surface area contributed by atoms with Crippen LogP contribution < -0.4 is 68.9 Å². The maximum atomic E-state index is 15.8. The van der Waals surface area contributed by atoms with E-state index in [1.54, 1.807) is 38.1 Å². The number of ether oxygens (including phenoxy) is 3. The molecule has 1 aliphatic rings. The van der Waals surface area contributed by atoms with Gasteiger partial charge in [0.2, 0.25) is 0 Å². The number of thioether (sulfide) groups is 1. The number of aryl methyl sites for hydroxylation is 1. The van der Waals surface area contributed by atoms with Crippen molar-refractivity contribution in [3.8, 4) is 6.07 Å². The number of nitrogens with zero attached hydrogens (tertiary/aromatic N) is 4. The molecule has 5 rings (SSSR count). The average molecular weight is 815 g/mol. The molecule has 1 aliphatic heterocycles. The van der Waals surface area contributed by atoms with E-state index in [4.69, 9.17) is 19.5 Å². The summed E-state index contributed by atoms with van der Waals surface area (Å²) in [6.07, 6.45) is 8.19. The number of esters is 1. The van der Waals surface area contributed by atoms with Gasteiger partial charge in [0.1, 0.15) is 30.1 Å². The number of benzene rings is 3. The van der Waals surface area contributed by atoms with Crippen LogP contribution in [0.1, 0.15) is 45.1 Å². The number of hydrogen-bond donors (Lipinski definition) is 0. The maximum absolute atomic E-state index is 15.8. The molecule has 2 heterocycles. The minimum Gasteiger partial charge on any atom is -0.790 e. The Hall–Kier alpha value is -2.59. The van der Waals surface area contributed by atoms with Gasteiger partial charge in [0.15, 0.2) is 11.9 Å². The number of halogens is 3. The first-order chi connectivity index (χ1) is 25.3. The Kier molecular flexibility index (Phi) is 18.1. The van der Waals surface area contributed by atoms with Gasteiger partial charge in [0.05, 0.1) is 56.6 Å². The summed E-state index contributed by atoms with van der Waals surface area (Å²) in [6, 6.07) is 13.3. The zero-order chi connectivity index (χ0) is 38.2. The molecule has 0 spiro atoms. The second-order valence-corrected chi connectivity index (χ2v) is 14.6. The first-order valence-electron chi connectivity index (χ1n) is 16.0. The molecule has 0 saturated carbocycles. The van der Waals surface area contributed by atoms with Gasteiger partial charge < -0.3 is 33.1 Å². The topological polar surface area (TPSA) is 172 Å². The predicted molar refractivity (Wildman–Crippen MR) is 183 cm³/mol. The maximum Gasteiger partial charge on any atom is 1.00 e. The molecular weight excluding hydrogens is 782 g/mol. The molecular formula is C36H32F3N4Na2O8PS. The third-order valence-electron chi connectivity index (χ3n) is 8.25. The summed E-state index contributed by atoms with van der Waals surface area (Å²) < 4.78 is 79.3. The van der Waals surface area contributed by atoms with Crippen molar-refractivity contribution in [1.82, 2.24) is 14.8 Å². The molecule has 0 bridgehead atoms. The SMILES string of the molecule is Cc1cccc(C(=O)O[C@@](Cn2cncn2)(c2ccc(F)cc2F)[C@@H](C)S[C@H]2CO[C@H](C=CC=Cc3ccc(C#N)cc3F)OC2)c1COP(=O)([O-])[O-].[Na+].[Na+]. The van der Waals surface area contributed by atoms with Gasteiger partial charge in [0.25, 0.3) is 0 Å². The first kappa shape index (κ1) is 46.8. The van der Waals surface area contributed by atoms with Gasteiger partial charge in [0, 0.05) is 22.4 Å². The normalized spacial score (nSPS) is 17.5. The van der Waals surface area contributed by atoms with Crippen LogP contribution in [0.15, 0.2) is 85.5 Å². The fourth-order valence-electron chi connectivity index (χ4n) is 5.57. The van der Waals surface area contributed by atoms with Crippen molar-refractivity contribution in [1.29, 1.82) is 5.26 Å². The van der Waals surface area contributed by atoms with Gasteiger partial charge in [-0.1, -0.05) is 36.4 Å². The average Bonchev–Trinajstić information content (AvgIpc) is 3.63. The number of allylic oxidation sites excluding steroid dienone is 2. The third kappa shape index (κ3) is 12.7. The monoisotopic (exact) mass is 814 g/mol. The Morgan fingerprint density at radius 1 is 1.13 bits per heavy atom. The van der Waals surface area contributed by atoms with Crippen molar-refractivity contribution in [3.63, 3.8) is 0 Å². The number of nitriles is 1. The van der Waals surface area contributed by atoms with Crippen LogP contribution in [0.4, 0.5) is 13.2 Å². The summed E-state index contributed by atoms with van der Waals surface area (Å²) in [5.74, 6) is -3.42. The summed E-state index contributed by atoms with van der Waals surface area (Å²) in [7, 11) is -5.42. The quantitative estimate of drug-likeness (QED) is 0.0668. The molecule has 0 radical (unpaired) electrons. The van der Waals surface area contributed by atoms with Gasteiger partial charge in [-0.25, -0.2) is 27.6 Å². The Balaban J connectivity index is 0.00000406. The molecule has 1 fully saturated rings. The van der Waals surface area contributed by atoms with E-state index in [0.29, 0.717) is 17.2 Å². The summed E-state index contributed by atoms with van der Waals surface area (Å²) >= 11 is 1.25. The number of carbonyl (C=O) groups excluding carboxylic acids is 1. The van der Waals surface area contributed by atoms with Crippen LogP contribution in [-0.4, -0.2) is 50.7 Å². The Bertz CT molecular complexity index is 2080. The van der Waals surface area contributed by atoms with Crippen molar-refractivity contribution >= 4 is 31.6 Å². The Labute approximate surface area is 363 Å². The van der Waals surface area contributed by atoms with E-state index >= 15 is 4.39 Å². The largest absolute Gasteiger partial charge is 1.00 e. The number of rotatable bonds is 14. The van der Waals surface area contributed by atoms with Crippen molar-refractivity contribution in [2.45, 2.75) is 49.4 Å². The van der Waals surface area contributed by atoms with Gasteiger partial charge in [-0.05, 0) is 61.4 Å². The van der Waals surface area contributed by atoms with Crippen LogP contribution >= 0.6 is 19.6 Å². The second kappa shape index (κ2) is 21.2. The van der Waals surface area contributed by atoms with E-state index in [2.05, 4.69) is 14.6 Å². The summed E-state index contributed by atoms with van der Waals surface area (Å²) in [6.45, 7) is 2.54. The van der Waals surface area contributed by atoms with E-state index in [1.165, 1.54) is 65.5 Å². The summed E-state index contributed by atoms with van der Waals surface area (Å²) in [5.41, 5.74) is -1.24. The van der Waals surface area contributed by atoms with Gasteiger partial charge in [-0.15, -0.1) is 11.8 Å². The van der Waals surface area contributed by atoms with E-state index in [1.807, 2.05) is 6.07 Å². The predicted octanol–water partition coefficient (Wildman–Crippen LogP) is -0.886. The Morgan fingerprint density at radius 3 is 2.51 bits per heavy atom. The van der Waals surface area contributed by atoms with Crippen molar-refractivity contribution in [2.24, 2.45) is 0 Å². The van der Waals surface area contributed by atoms with Crippen LogP contribution in [0.25, 0.3) is 6.08 Å². The van der Waals surface area contributed by atoms with Crippen LogP contribution in [0, 0.1) is 35.7 Å². The zero-order valence-electron chi connectivity index (χ0n) is 30.3. The van der Waals surface area contributed by atoms with Crippen molar-refractivity contribution in [2.75, 3.05) is 13.2 Å². The number of phosphoric ester groups is 1. The minimum atomic E-state index is -5.42. The fraction of sp³-hybridized carbons (Fsp3) is 0.278. The van der Waals surface area contributed by atoms with Crippen LogP contribution in [-0.2, 0) is 42.1 Å². The zero-order valence-corrected chi connectivity index (χ0v) is 36.0. The standard InChI is InChI=1S/C36H34F3N4O8PS.2Na/c1-23-6-5-8-29(30(23)19-50-52(45,46)47)35(44)51-36(20-43-22-41-21-42-43,31-13-12-27(37)15-33(31)39)24(2)53-28-17-48-34(49-18-28)9-4-3-7-26-11-10-25(16-40)14-32(26)38;;/h3-15,21-22,24,28,34H,17-20H2,1-2H3,(H2,45,46,47);;/q;2*+1/p-2/t24-,28-,34-,36-;;/m1../s1. The van der Waals surface area contributed by atoms with Gasteiger partial charge in [-0.3, -0.25) is 0 Å². The number of aromatic nitrogens is 3. The van der Waals surface area contributed by atoms with E-state index < -0.39 is 55.0 Å². The smallest absolute Gasteiger partial charge is 0.790 e. The molecule has 0 unspecified atom stereocenters. The van der Waals surface area contributed by atoms with E-state index in [9.17, 15) is 27.9 Å². The molecule has 12 nitrogen and oxygen atoms in total. The molecule has 19 heteroatoms.